The first-order valence-corrected chi connectivity index (χ1v) is 8.87. The maximum Gasteiger partial charge on any atom is 0.123 e. The van der Waals surface area contributed by atoms with Crippen LogP contribution in [-0.4, -0.2) is 58.3 Å². The van der Waals surface area contributed by atoms with Crippen molar-refractivity contribution in [3.05, 3.63) is 54.3 Å². The molecule has 5 heteroatoms. The summed E-state index contributed by atoms with van der Waals surface area (Å²) < 4.78 is 13.2. The molecule has 1 N–H and O–H groups in total. The molecule has 3 rings (SSSR count). The molecule has 1 saturated heterocycles. The molecule has 0 saturated carbocycles. The number of piperazine rings is 1. The van der Waals surface area contributed by atoms with Crippen LogP contribution in [0.2, 0.25) is 0 Å². The molecule has 1 fully saturated rings. The smallest absolute Gasteiger partial charge is 0.123 e. The van der Waals surface area contributed by atoms with Crippen LogP contribution in [0, 0.1) is 5.82 Å². The lowest BCUT2D eigenvalue weighted by Crippen LogP contribution is -2.46. The highest BCUT2D eigenvalue weighted by atomic mass is 19.1. The minimum absolute atomic E-state index is 0.210. The minimum Gasteiger partial charge on any atom is -0.372 e. The number of likely N-dealkylation sites (N-methyl/N-ethyl adjacent to an activating group) is 1. The van der Waals surface area contributed by atoms with Gasteiger partial charge in [-0.05, 0) is 36.4 Å². The molecule has 0 bridgehead atoms. The zero-order valence-electron chi connectivity index (χ0n) is 15.1. The fraction of sp³-hybridized carbons (Fsp3) is 0.400. The molecule has 0 unspecified atom stereocenters. The lowest BCUT2D eigenvalue weighted by molar-refractivity contribution is 0.246. The predicted molar refractivity (Wildman–Crippen MR) is 103 cm³/mol. The van der Waals surface area contributed by atoms with Gasteiger partial charge in [0.25, 0.3) is 0 Å². The van der Waals surface area contributed by atoms with Crippen LogP contribution in [0.15, 0.2) is 48.5 Å². The van der Waals surface area contributed by atoms with Gasteiger partial charge in [0.1, 0.15) is 5.82 Å². The van der Waals surface area contributed by atoms with Crippen LogP contribution in [0.5, 0.6) is 0 Å². The first kappa shape index (κ1) is 17.7. The van der Waals surface area contributed by atoms with Gasteiger partial charge >= 0.3 is 0 Å². The van der Waals surface area contributed by atoms with E-state index in [9.17, 15) is 4.39 Å². The molecular formula is C20H27FN4. The molecular weight excluding hydrogens is 315 g/mol. The van der Waals surface area contributed by atoms with Gasteiger partial charge in [0.2, 0.25) is 0 Å². The number of anilines is 3. The number of hydrogen-bond donors (Lipinski definition) is 1. The first-order chi connectivity index (χ1) is 12.1. The highest BCUT2D eigenvalue weighted by Gasteiger charge is 2.14. The summed E-state index contributed by atoms with van der Waals surface area (Å²) >= 11 is 0. The molecule has 0 spiro atoms. The second-order valence-corrected chi connectivity index (χ2v) is 6.54. The van der Waals surface area contributed by atoms with Gasteiger partial charge in [-0.15, -0.1) is 0 Å². The quantitative estimate of drug-likeness (QED) is 0.871. The van der Waals surface area contributed by atoms with Crippen LogP contribution in [-0.2, 0) is 0 Å². The monoisotopic (exact) mass is 342 g/mol. The Morgan fingerprint density at radius 3 is 2.28 bits per heavy atom. The molecule has 0 aromatic heterocycles. The Kier molecular flexibility index (Phi) is 5.89. The van der Waals surface area contributed by atoms with E-state index in [4.69, 9.17) is 0 Å². The van der Waals surface area contributed by atoms with Crippen molar-refractivity contribution in [2.75, 3.05) is 63.2 Å². The summed E-state index contributed by atoms with van der Waals surface area (Å²) in [5, 5.41) is 3.39. The number of halogens is 1. The van der Waals surface area contributed by atoms with Crippen LogP contribution in [0.25, 0.3) is 0 Å². The molecule has 0 radical (unpaired) electrons. The summed E-state index contributed by atoms with van der Waals surface area (Å²) in [5.74, 6) is -0.210. The Morgan fingerprint density at radius 2 is 1.60 bits per heavy atom. The molecule has 1 heterocycles. The summed E-state index contributed by atoms with van der Waals surface area (Å²) in [7, 11) is 4.16. The van der Waals surface area contributed by atoms with Crippen LogP contribution in [0.3, 0.4) is 0 Å². The van der Waals surface area contributed by atoms with E-state index in [-0.39, 0.29) is 5.82 Å². The number of benzene rings is 2. The van der Waals surface area contributed by atoms with Gasteiger partial charge in [-0.2, -0.15) is 0 Å². The summed E-state index contributed by atoms with van der Waals surface area (Å²) in [6.07, 6.45) is 0. The maximum absolute atomic E-state index is 13.2. The van der Waals surface area contributed by atoms with Crippen molar-refractivity contribution < 1.29 is 4.39 Å². The van der Waals surface area contributed by atoms with Crippen molar-refractivity contribution >= 4 is 17.1 Å². The van der Waals surface area contributed by atoms with Crippen molar-refractivity contribution in [1.82, 2.24) is 10.2 Å². The third-order valence-corrected chi connectivity index (χ3v) is 4.83. The van der Waals surface area contributed by atoms with E-state index >= 15 is 0 Å². The largest absolute Gasteiger partial charge is 0.372 e. The number of nitrogens with one attached hydrogen (secondary N) is 1. The Hall–Kier alpha value is -2.11. The minimum atomic E-state index is -0.210. The summed E-state index contributed by atoms with van der Waals surface area (Å²) in [6.45, 7) is 6.43. The van der Waals surface area contributed by atoms with E-state index in [1.54, 1.807) is 0 Å². The zero-order valence-corrected chi connectivity index (χ0v) is 15.1. The highest BCUT2D eigenvalue weighted by molar-refractivity contribution is 5.76. The third-order valence-electron chi connectivity index (χ3n) is 4.83. The fourth-order valence-electron chi connectivity index (χ4n) is 3.22. The number of hydrogen-bond acceptors (Lipinski definition) is 4. The van der Waals surface area contributed by atoms with Crippen molar-refractivity contribution in [3.63, 3.8) is 0 Å². The average Bonchev–Trinajstić information content (AvgIpc) is 2.67. The summed E-state index contributed by atoms with van der Waals surface area (Å²) in [6, 6.07) is 15.0. The standard InChI is InChI=1S/C20H27FN4/c1-23(15-16-25-13-11-22-12-14-25)19-5-3-4-6-20(19)24(2)18-9-7-17(21)8-10-18/h3-10,22H,11-16H2,1-2H3. The van der Waals surface area contributed by atoms with Gasteiger partial charge in [0.15, 0.2) is 0 Å². The average molecular weight is 342 g/mol. The number of rotatable bonds is 6. The van der Waals surface area contributed by atoms with E-state index in [0.717, 1.165) is 50.6 Å². The van der Waals surface area contributed by atoms with Crippen molar-refractivity contribution in [1.29, 1.82) is 0 Å². The molecule has 4 nitrogen and oxygen atoms in total. The van der Waals surface area contributed by atoms with Gasteiger partial charge in [-0.1, -0.05) is 12.1 Å². The van der Waals surface area contributed by atoms with Crippen LogP contribution in [0.1, 0.15) is 0 Å². The zero-order chi connectivity index (χ0) is 17.6. The molecule has 1 aliphatic rings. The Bertz CT molecular complexity index is 668. The SMILES string of the molecule is CN(CCN1CCNCC1)c1ccccc1N(C)c1ccc(F)cc1. The Morgan fingerprint density at radius 1 is 0.960 bits per heavy atom. The van der Waals surface area contributed by atoms with E-state index in [2.05, 4.69) is 45.3 Å². The van der Waals surface area contributed by atoms with Crippen LogP contribution >= 0.6 is 0 Å². The molecule has 25 heavy (non-hydrogen) atoms. The fourth-order valence-corrected chi connectivity index (χ4v) is 3.22. The molecule has 134 valence electrons. The molecule has 0 atom stereocenters. The summed E-state index contributed by atoms with van der Waals surface area (Å²) in [4.78, 5) is 6.91. The van der Waals surface area contributed by atoms with Crippen LogP contribution < -0.4 is 15.1 Å². The van der Waals surface area contributed by atoms with Crippen molar-refractivity contribution in [3.8, 4) is 0 Å². The van der Waals surface area contributed by atoms with E-state index < -0.39 is 0 Å². The maximum atomic E-state index is 13.2. The van der Waals surface area contributed by atoms with Gasteiger partial charge in [-0.25, -0.2) is 4.39 Å². The Labute approximate surface area is 149 Å². The lowest BCUT2D eigenvalue weighted by atomic mass is 10.2. The van der Waals surface area contributed by atoms with E-state index in [1.165, 1.54) is 17.8 Å². The van der Waals surface area contributed by atoms with Crippen molar-refractivity contribution in [2.45, 2.75) is 0 Å². The predicted octanol–water partition coefficient (Wildman–Crippen LogP) is 2.94. The van der Waals surface area contributed by atoms with Gasteiger partial charge in [0, 0.05) is 59.1 Å². The van der Waals surface area contributed by atoms with Gasteiger partial charge < -0.3 is 15.1 Å². The topological polar surface area (TPSA) is 21.8 Å². The second-order valence-electron chi connectivity index (χ2n) is 6.54. The molecule has 0 amide bonds. The lowest BCUT2D eigenvalue weighted by Gasteiger charge is -2.32. The summed E-state index contributed by atoms with van der Waals surface area (Å²) in [5.41, 5.74) is 3.28. The van der Waals surface area contributed by atoms with E-state index in [1.807, 2.05) is 25.2 Å². The van der Waals surface area contributed by atoms with Gasteiger partial charge in [0.05, 0.1) is 11.4 Å². The second kappa shape index (κ2) is 8.32. The molecule has 1 aliphatic heterocycles. The number of para-hydroxylation sites is 2. The third kappa shape index (κ3) is 4.50. The van der Waals surface area contributed by atoms with Crippen LogP contribution in [0.4, 0.5) is 21.5 Å². The Balaban J connectivity index is 1.71. The normalized spacial score (nSPS) is 15.2. The first-order valence-electron chi connectivity index (χ1n) is 8.87. The highest BCUT2D eigenvalue weighted by Crippen LogP contribution is 2.32. The van der Waals surface area contributed by atoms with E-state index in [0.29, 0.717) is 0 Å². The van der Waals surface area contributed by atoms with Crippen molar-refractivity contribution in [2.24, 2.45) is 0 Å². The molecule has 2 aromatic carbocycles. The number of nitrogens with zero attached hydrogens (tertiary/aromatic N) is 3. The molecule has 0 aliphatic carbocycles. The van der Waals surface area contributed by atoms with Gasteiger partial charge in [-0.3, -0.25) is 4.90 Å². The molecule has 2 aromatic rings.